The van der Waals surface area contributed by atoms with Gasteiger partial charge in [-0.1, -0.05) is 20.8 Å². The first kappa shape index (κ1) is 13.4. The summed E-state index contributed by atoms with van der Waals surface area (Å²) in [6.07, 6.45) is 2.76. The molecule has 3 heteroatoms. The summed E-state index contributed by atoms with van der Waals surface area (Å²) in [5, 5.41) is 2.91. The first-order chi connectivity index (χ1) is 6.56. The molecule has 1 amide bonds. The third kappa shape index (κ3) is 8.05. The molecule has 0 heterocycles. The fourth-order valence-electron chi connectivity index (χ4n) is 1.24. The summed E-state index contributed by atoms with van der Waals surface area (Å²) in [6, 6.07) is 0. The van der Waals surface area contributed by atoms with Crippen molar-refractivity contribution in [2.45, 2.75) is 40.0 Å². The summed E-state index contributed by atoms with van der Waals surface area (Å²) in [4.78, 5) is 11.2. The second-order valence-corrected chi connectivity index (χ2v) is 4.43. The molecule has 0 aliphatic rings. The normalized spacial score (nSPS) is 12.9. The molecule has 0 rings (SSSR count). The predicted octanol–water partition coefficient (Wildman–Crippen LogP) is 1.52. The molecule has 0 aliphatic heterocycles. The van der Waals surface area contributed by atoms with Crippen molar-refractivity contribution in [3.63, 3.8) is 0 Å². The van der Waals surface area contributed by atoms with E-state index in [4.69, 9.17) is 5.73 Å². The van der Waals surface area contributed by atoms with Gasteiger partial charge in [0.15, 0.2) is 0 Å². The Morgan fingerprint density at radius 1 is 1.36 bits per heavy atom. The van der Waals surface area contributed by atoms with Gasteiger partial charge in [-0.2, -0.15) is 0 Å². The lowest BCUT2D eigenvalue weighted by Gasteiger charge is -2.09. The average Bonchev–Trinajstić information content (AvgIpc) is 2.10. The maximum atomic E-state index is 11.2. The van der Waals surface area contributed by atoms with E-state index in [9.17, 15) is 4.79 Å². The molecule has 0 aromatic carbocycles. The molecule has 0 aromatic heterocycles. The van der Waals surface area contributed by atoms with Gasteiger partial charge in [-0.25, -0.2) is 0 Å². The number of carbonyl (C=O) groups is 1. The summed E-state index contributed by atoms with van der Waals surface area (Å²) < 4.78 is 0. The van der Waals surface area contributed by atoms with Crippen molar-refractivity contribution in [1.29, 1.82) is 0 Å². The molecule has 3 nitrogen and oxygen atoms in total. The van der Waals surface area contributed by atoms with E-state index in [1.54, 1.807) is 0 Å². The predicted molar refractivity (Wildman–Crippen MR) is 59.9 cm³/mol. The van der Waals surface area contributed by atoms with Gasteiger partial charge in [0.05, 0.1) is 0 Å². The van der Waals surface area contributed by atoms with E-state index in [0.717, 1.165) is 25.9 Å². The lowest BCUT2D eigenvalue weighted by Crippen LogP contribution is -2.26. The smallest absolute Gasteiger partial charge is 0.220 e. The molecule has 3 N–H and O–H groups in total. The molecule has 0 aliphatic carbocycles. The molecule has 1 atom stereocenters. The van der Waals surface area contributed by atoms with Gasteiger partial charge in [0.25, 0.3) is 0 Å². The Hall–Kier alpha value is -0.570. The van der Waals surface area contributed by atoms with Gasteiger partial charge in [-0.05, 0) is 31.2 Å². The van der Waals surface area contributed by atoms with Crippen LogP contribution in [-0.2, 0) is 4.79 Å². The molecule has 0 radical (unpaired) electrons. The van der Waals surface area contributed by atoms with Crippen molar-refractivity contribution in [2.75, 3.05) is 13.1 Å². The molecular formula is C11H24N2O. The quantitative estimate of drug-likeness (QED) is 0.612. The number of hydrogen-bond donors (Lipinski definition) is 2. The first-order valence-corrected chi connectivity index (χ1v) is 5.53. The monoisotopic (exact) mass is 200 g/mol. The van der Waals surface area contributed by atoms with Gasteiger partial charge in [0.1, 0.15) is 0 Å². The molecule has 1 unspecified atom stereocenters. The maximum absolute atomic E-state index is 11.2. The second-order valence-electron chi connectivity index (χ2n) is 4.43. The Labute approximate surface area is 87.4 Å². The Morgan fingerprint density at radius 2 is 2.00 bits per heavy atom. The van der Waals surface area contributed by atoms with Gasteiger partial charge >= 0.3 is 0 Å². The zero-order chi connectivity index (χ0) is 11.0. The number of hydrogen-bond acceptors (Lipinski definition) is 2. The summed E-state index contributed by atoms with van der Waals surface area (Å²) in [5.41, 5.74) is 5.49. The highest BCUT2D eigenvalue weighted by Crippen LogP contribution is 2.02. The molecular weight excluding hydrogens is 176 g/mol. The third-order valence-corrected chi connectivity index (χ3v) is 2.19. The molecule has 14 heavy (non-hydrogen) atoms. The van der Waals surface area contributed by atoms with E-state index in [1.165, 1.54) is 0 Å². The highest BCUT2D eigenvalue weighted by Gasteiger charge is 2.04. The number of nitrogens with one attached hydrogen (secondary N) is 1. The van der Waals surface area contributed by atoms with E-state index >= 15 is 0 Å². The number of rotatable bonds is 7. The van der Waals surface area contributed by atoms with E-state index in [-0.39, 0.29) is 5.91 Å². The fourth-order valence-corrected chi connectivity index (χ4v) is 1.24. The summed E-state index contributed by atoms with van der Waals surface area (Å²) in [6.45, 7) is 7.76. The molecule has 84 valence electrons. The summed E-state index contributed by atoms with van der Waals surface area (Å²) in [5.74, 6) is 1.18. The van der Waals surface area contributed by atoms with Crippen molar-refractivity contribution in [3.8, 4) is 0 Å². The lowest BCUT2D eigenvalue weighted by atomic mass is 10.1. The van der Waals surface area contributed by atoms with Crippen LogP contribution in [-0.4, -0.2) is 19.0 Å². The second kappa shape index (κ2) is 7.80. The molecule has 0 aromatic rings. The molecule has 0 saturated heterocycles. The molecule has 0 saturated carbocycles. The van der Waals surface area contributed by atoms with Crippen LogP contribution in [0.1, 0.15) is 40.0 Å². The van der Waals surface area contributed by atoms with Crippen molar-refractivity contribution < 1.29 is 4.79 Å². The van der Waals surface area contributed by atoms with Crippen molar-refractivity contribution in [1.82, 2.24) is 5.32 Å². The van der Waals surface area contributed by atoms with Crippen LogP contribution in [0.15, 0.2) is 0 Å². The first-order valence-electron chi connectivity index (χ1n) is 5.53. The van der Waals surface area contributed by atoms with Crippen molar-refractivity contribution in [3.05, 3.63) is 0 Å². The topological polar surface area (TPSA) is 55.1 Å². The van der Waals surface area contributed by atoms with Crippen LogP contribution in [0, 0.1) is 11.8 Å². The van der Waals surface area contributed by atoms with Crippen LogP contribution in [0.4, 0.5) is 0 Å². The molecule has 0 bridgehead atoms. The number of carbonyl (C=O) groups excluding carboxylic acids is 1. The van der Waals surface area contributed by atoms with Crippen LogP contribution in [0.3, 0.4) is 0 Å². The third-order valence-electron chi connectivity index (χ3n) is 2.19. The van der Waals surface area contributed by atoms with E-state index < -0.39 is 0 Å². The Bertz CT molecular complexity index is 157. The standard InChI is InChI=1S/C11H24N2O/c1-9(2)7-11(14)13-6-4-5-10(3)8-12/h9-10H,4-8,12H2,1-3H3,(H,13,14). The highest BCUT2D eigenvalue weighted by atomic mass is 16.1. The summed E-state index contributed by atoms with van der Waals surface area (Å²) >= 11 is 0. The van der Waals surface area contributed by atoms with Crippen LogP contribution >= 0.6 is 0 Å². The van der Waals surface area contributed by atoms with E-state index in [2.05, 4.69) is 26.1 Å². The number of amides is 1. The maximum Gasteiger partial charge on any atom is 0.220 e. The summed E-state index contributed by atoms with van der Waals surface area (Å²) in [7, 11) is 0. The minimum absolute atomic E-state index is 0.167. The van der Waals surface area contributed by atoms with Crippen LogP contribution < -0.4 is 11.1 Å². The largest absolute Gasteiger partial charge is 0.356 e. The number of nitrogens with two attached hydrogens (primary N) is 1. The van der Waals surface area contributed by atoms with Gasteiger partial charge in [-0.3, -0.25) is 4.79 Å². The van der Waals surface area contributed by atoms with Crippen LogP contribution in [0.5, 0.6) is 0 Å². The lowest BCUT2D eigenvalue weighted by molar-refractivity contribution is -0.121. The molecule has 0 fully saturated rings. The van der Waals surface area contributed by atoms with Crippen molar-refractivity contribution in [2.24, 2.45) is 17.6 Å². The Morgan fingerprint density at radius 3 is 2.50 bits per heavy atom. The van der Waals surface area contributed by atoms with Crippen LogP contribution in [0.2, 0.25) is 0 Å². The zero-order valence-electron chi connectivity index (χ0n) is 9.68. The van der Waals surface area contributed by atoms with Gasteiger partial charge in [-0.15, -0.1) is 0 Å². The zero-order valence-corrected chi connectivity index (χ0v) is 9.68. The van der Waals surface area contributed by atoms with E-state index in [0.29, 0.717) is 18.3 Å². The SMILES string of the molecule is CC(C)CC(=O)NCCCC(C)CN. The highest BCUT2D eigenvalue weighted by molar-refractivity contribution is 5.75. The van der Waals surface area contributed by atoms with Crippen molar-refractivity contribution >= 4 is 5.91 Å². The van der Waals surface area contributed by atoms with E-state index in [1.807, 2.05) is 0 Å². The van der Waals surface area contributed by atoms with Crippen LogP contribution in [0.25, 0.3) is 0 Å². The average molecular weight is 200 g/mol. The van der Waals surface area contributed by atoms with Gasteiger partial charge in [0.2, 0.25) is 5.91 Å². The van der Waals surface area contributed by atoms with Gasteiger partial charge in [0, 0.05) is 13.0 Å². The van der Waals surface area contributed by atoms with Gasteiger partial charge < -0.3 is 11.1 Å². The Balaban J connectivity index is 3.31. The Kier molecular flexibility index (Phi) is 7.48. The minimum atomic E-state index is 0.167. The fraction of sp³-hybridized carbons (Fsp3) is 0.909. The minimum Gasteiger partial charge on any atom is -0.356 e. The molecule has 0 spiro atoms.